The molecule has 4 aromatic heterocycles. The van der Waals surface area contributed by atoms with Crippen molar-refractivity contribution >= 4 is 22.1 Å². The third-order valence-corrected chi connectivity index (χ3v) is 10.8. The molecule has 8 aromatic rings. The van der Waals surface area contributed by atoms with Gasteiger partial charge in [-0.2, -0.15) is 0 Å². The average Bonchev–Trinajstić information content (AvgIpc) is 4.04. The van der Waals surface area contributed by atoms with Crippen LogP contribution >= 0.6 is 0 Å². The molecule has 2 saturated heterocycles. The lowest BCUT2D eigenvalue weighted by Gasteiger charge is -2.20. The third kappa shape index (κ3) is 6.60. The highest BCUT2D eigenvalue weighted by molar-refractivity contribution is 5.97. The van der Waals surface area contributed by atoms with Crippen molar-refractivity contribution in [3.8, 4) is 56.5 Å². The number of hydrogen-bond acceptors (Lipinski definition) is 9. The molecule has 0 bridgehead atoms. The van der Waals surface area contributed by atoms with E-state index in [1.165, 1.54) is 30.6 Å². The van der Waals surface area contributed by atoms with Crippen LogP contribution in [0.4, 0.5) is 13.2 Å². The molecule has 6 heterocycles. The Morgan fingerprint density at radius 2 is 1.40 bits per heavy atom. The van der Waals surface area contributed by atoms with Crippen molar-refractivity contribution in [2.75, 3.05) is 20.3 Å². The van der Waals surface area contributed by atoms with Crippen LogP contribution in [-0.2, 0) is 14.2 Å². The summed E-state index contributed by atoms with van der Waals surface area (Å²) in [7, 11) is 1.60. The molecule has 2 N–H and O–H groups in total. The summed E-state index contributed by atoms with van der Waals surface area (Å²) in [5.41, 5.74) is 4.01. The molecule has 2 fully saturated rings. The van der Waals surface area contributed by atoms with Gasteiger partial charge in [0.2, 0.25) is 0 Å². The first-order valence-electron chi connectivity index (χ1n) is 18.9. The van der Waals surface area contributed by atoms with Crippen molar-refractivity contribution in [2.24, 2.45) is 0 Å². The Balaban J connectivity index is 1.17. The van der Waals surface area contributed by atoms with E-state index in [0.29, 0.717) is 56.9 Å². The maximum absolute atomic E-state index is 14.4. The second-order valence-electron chi connectivity index (χ2n) is 14.3. The normalized spacial score (nSPS) is 18.9. The van der Waals surface area contributed by atoms with Crippen LogP contribution in [0.25, 0.3) is 67.1 Å². The van der Waals surface area contributed by atoms with Crippen LogP contribution in [0.5, 0.6) is 11.5 Å². The number of methoxy groups -OCH3 is 1. The van der Waals surface area contributed by atoms with E-state index in [9.17, 15) is 22.8 Å². The molecule has 2 aliphatic rings. The minimum atomic E-state index is -4.87. The van der Waals surface area contributed by atoms with E-state index in [1.807, 2.05) is 77.5 Å². The molecular weight excluding hydrogens is 782 g/mol. The number of alkyl halides is 3. The molecule has 60 heavy (non-hydrogen) atoms. The summed E-state index contributed by atoms with van der Waals surface area (Å²) in [6, 6.07) is 29.3. The lowest BCUT2D eigenvalue weighted by molar-refractivity contribution is -0.274. The SMILES string of the molecule is COC1COC2C(Oc3ccc(-c4cn(-c5ccccc5)c5nc[nH]c(=O)c45)cc3-c3nc4c(-c5ccc(OC(F)(F)F)cc5)cn(-c5ccccc5)c4c(=O)[nH]3)COC12. The Morgan fingerprint density at radius 3 is 2.10 bits per heavy atom. The molecule has 0 radical (unpaired) electrons. The molecule has 2 aliphatic heterocycles. The molecule has 10 rings (SSSR count). The maximum atomic E-state index is 14.4. The van der Waals surface area contributed by atoms with Crippen molar-refractivity contribution in [2.45, 2.75) is 30.8 Å². The summed E-state index contributed by atoms with van der Waals surface area (Å²) in [6.07, 6.45) is -1.55. The first kappa shape index (κ1) is 37.3. The largest absolute Gasteiger partial charge is 0.573 e. The number of ether oxygens (including phenoxy) is 5. The van der Waals surface area contributed by atoms with Gasteiger partial charge in [0.25, 0.3) is 11.1 Å². The predicted octanol–water partition coefficient (Wildman–Crippen LogP) is 7.20. The smallest absolute Gasteiger partial charge is 0.484 e. The van der Waals surface area contributed by atoms with E-state index in [2.05, 4.69) is 19.7 Å². The number of nitrogens with zero attached hydrogens (tertiary/aromatic N) is 4. The number of rotatable bonds is 9. The number of H-pyrrole nitrogens is 2. The summed E-state index contributed by atoms with van der Waals surface area (Å²) < 4.78 is 71.2. The molecule has 0 aliphatic carbocycles. The number of aromatic nitrogens is 6. The van der Waals surface area contributed by atoms with Crippen molar-refractivity contribution in [1.29, 1.82) is 0 Å². The molecular formula is C44H33F3N6O7. The average molecular weight is 815 g/mol. The minimum Gasteiger partial charge on any atom is -0.484 e. The van der Waals surface area contributed by atoms with Crippen LogP contribution in [0.1, 0.15) is 0 Å². The van der Waals surface area contributed by atoms with E-state index < -0.39 is 29.9 Å². The van der Waals surface area contributed by atoms with Gasteiger partial charge in [0.1, 0.15) is 46.7 Å². The summed E-state index contributed by atoms with van der Waals surface area (Å²) in [6.45, 7) is 0.546. The zero-order valence-electron chi connectivity index (χ0n) is 31.6. The van der Waals surface area contributed by atoms with Gasteiger partial charge in [-0.3, -0.25) is 9.59 Å². The number of benzene rings is 4. The summed E-state index contributed by atoms with van der Waals surface area (Å²) >= 11 is 0. The fourth-order valence-electron chi connectivity index (χ4n) is 8.06. The number of aromatic amines is 2. The van der Waals surface area contributed by atoms with Gasteiger partial charge in [-0.25, -0.2) is 9.97 Å². The number of halogens is 3. The van der Waals surface area contributed by atoms with Gasteiger partial charge in [-0.05, 0) is 59.7 Å². The Hall–Kier alpha value is -7.01. The van der Waals surface area contributed by atoms with Gasteiger partial charge >= 0.3 is 6.36 Å². The molecule has 4 aromatic carbocycles. The molecule has 0 amide bonds. The topological polar surface area (TPSA) is 148 Å². The van der Waals surface area contributed by atoms with Crippen LogP contribution in [0, 0.1) is 0 Å². The maximum Gasteiger partial charge on any atom is 0.573 e. The van der Waals surface area contributed by atoms with Crippen LogP contribution in [0.15, 0.2) is 131 Å². The number of fused-ring (bicyclic) bond motifs is 3. The van der Waals surface area contributed by atoms with Crippen LogP contribution < -0.4 is 20.6 Å². The molecule has 4 unspecified atom stereocenters. The third-order valence-electron chi connectivity index (χ3n) is 10.8. The van der Waals surface area contributed by atoms with Gasteiger partial charge in [-0.1, -0.05) is 54.6 Å². The van der Waals surface area contributed by atoms with E-state index >= 15 is 0 Å². The van der Waals surface area contributed by atoms with Gasteiger partial charge in [0.15, 0.2) is 11.8 Å². The van der Waals surface area contributed by atoms with Crippen LogP contribution in [-0.4, -0.2) is 80.2 Å². The Kier molecular flexibility index (Phi) is 9.11. The Labute approximate surface area is 337 Å². The highest BCUT2D eigenvalue weighted by Crippen LogP contribution is 2.40. The van der Waals surface area contributed by atoms with Gasteiger partial charge < -0.3 is 42.8 Å². The van der Waals surface area contributed by atoms with Gasteiger partial charge in [0, 0.05) is 42.0 Å². The predicted molar refractivity (Wildman–Crippen MR) is 215 cm³/mol. The van der Waals surface area contributed by atoms with E-state index in [0.717, 1.165) is 5.69 Å². The summed E-state index contributed by atoms with van der Waals surface area (Å²) in [4.78, 5) is 43.2. The van der Waals surface area contributed by atoms with Crippen molar-refractivity contribution in [1.82, 2.24) is 29.1 Å². The van der Waals surface area contributed by atoms with E-state index in [-0.39, 0.29) is 41.2 Å². The van der Waals surface area contributed by atoms with Gasteiger partial charge in [-0.15, -0.1) is 13.2 Å². The fourth-order valence-corrected chi connectivity index (χ4v) is 8.06. The number of nitrogens with one attached hydrogen (secondary N) is 2. The lowest BCUT2D eigenvalue weighted by atomic mass is 10.0. The van der Waals surface area contributed by atoms with Crippen molar-refractivity contribution < 1.29 is 36.9 Å². The van der Waals surface area contributed by atoms with E-state index in [1.54, 1.807) is 30.0 Å². The molecule has 0 saturated carbocycles. The van der Waals surface area contributed by atoms with Crippen molar-refractivity contribution in [3.05, 3.63) is 143 Å². The first-order valence-corrected chi connectivity index (χ1v) is 18.9. The zero-order valence-corrected chi connectivity index (χ0v) is 31.6. The first-order chi connectivity index (χ1) is 29.1. The monoisotopic (exact) mass is 814 g/mol. The number of hydrogen-bond donors (Lipinski definition) is 2. The van der Waals surface area contributed by atoms with E-state index in [4.69, 9.17) is 23.9 Å². The fraction of sp³-hybridized carbons (Fsp3) is 0.182. The highest BCUT2D eigenvalue weighted by atomic mass is 19.4. The summed E-state index contributed by atoms with van der Waals surface area (Å²) in [5.74, 6) is 0.0772. The molecule has 16 heteroatoms. The molecule has 4 atom stereocenters. The highest BCUT2D eigenvalue weighted by Gasteiger charge is 2.49. The van der Waals surface area contributed by atoms with Crippen LogP contribution in [0.3, 0.4) is 0 Å². The Bertz CT molecular complexity index is 3000. The zero-order chi connectivity index (χ0) is 41.1. The van der Waals surface area contributed by atoms with Crippen LogP contribution in [0.2, 0.25) is 0 Å². The minimum absolute atomic E-state index is 0.129. The molecule has 0 spiro atoms. The van der Waals surface area contributed by atoms with Gasteiger partial charge in [0.05, 0.1) is 30.5 Å². The lowest BCUT2D eigenvalue weighted by Crippen LogP contribution is -2.35. The molecule has 13 nitrogen and oxygen atoms in total. The second kappa shape index (κ2) is 14.7. The quantitative estimate of drug-likeness (QED) is 0.154. The molecule has 302 valence electrons. The Morgan fingerprint density at radius 1 is 0.750 bits per heavy atom. The number of para-hydroxylation sites is 2. The summed E-state index contributed by atoms with van der Waals surface area (Å²) in [5, 5.41) is 0.343. The standard InChI is InChI=1S/C44H33F3N6O7/c1-56-33-21-57-39-34(22-58-38(33)39)59-32-17-14-25(30-19-53(27-10-6-3-7-11-27)41-35(30)42(54)49-23-48-41)18-29(32)40-50-36-31(24-12-15-28(16-13-24)60-44(45,46)47)20-52(37(36)43(55)51-40)26-8-4-2-5-9-26/h2-20,23,33-34,38-39H,21-22H2,1H3,(H,48,49,54)(H,50,51,55). The van der Waals surface area contributed by atoms with Crippen molar-refractivity contribution in [3.63, 3.8) is 0 Å². The second-order valence-corrected chi connectivity index (χ2v) is 14.3.